The summed E-state index contributed by atoms with van der Waals surface area (Å²) in [5, 5.41) is 0. The Hall–Kier alpha value is -1.12. The van der Waals surface area contributed by atoms with Crippen LogP contribution in [0.4, 0.5) is 0 Å². The van der Waals surface area contributed by atoms with Crippen molar-refractivity contribution in [2.24, 2.45) is 0 Å². The summed E-state index contributed by atoms with van der Waals surface area (Å²) in [7, 11) is 0. The van der Waals surface area contributed by atoms with Crippen LogP contribution < -0.4 is 0 Å². The minimum absolute atomic E-state index is 0.515. The summed E-state index contributed by atoms with van der Waals surface area (Å²) in [5.74, 6) is 0.587. The van der Waals surface area contributed by atoms with Gasteiger partial charge in [-0.05, 0) is 19.8 Å². The third-order valence-corrected chi connectivity index (χ3v) is 2.70. The van der Waals surface area contributed by atoms with Gasteiger partial charge in [0.15, 0.2) is 12.1 Å². The summed E-state index contributed by atoms with van der Waals surface area (Å²) in [6, 6.07) is 0.515. The van der Waals surface area contributed by atoms with Crippen LogP contribution in [0.2, 0.25) is 0 Å². The summed E-state index contributed by atoms with van der Waals surface area (Å²) in [4.78, 5) is 14.9. The van der Waals surface area contributed by atoms with E-state index in [0.29, 0.717) is 11.9 Å². The minimum atomic E-state index is 0.515. The molecule has 0 saturated heterocycles. The molecule has 1 aliphatic rings. The summed E-state index contributed by atoms with van der Waals surface area (Å²) in [5.41, 5.74) is 0.939. The van der Waals surface area contributed by atoms with Gasteiger partial charge in [-0.25, -0.2) is 4.98 Å². The molecular weight excluding hydrogens is 164 g/mol. The first-order chi connectivity index (χ1) is 6.31. The highest BCUT2D eigenvalue weighted by Gasteiger charge is 2.19. The fourth-order valence-electron chi connectivity index (χ4n) is 2.10. The molecule has 0 radical (unpaired) electrons. The molecule has 3 heteroatoms. The maximum absolute atomic E-state index is 10.7. The van der Waals surface area contributed by atoms with Gasteiger partial charge < -0.3 is 4.57 Å². The first-order valence-electron chi connectivity index (χ1n) is 4.82. The largest absolute Gasteiger partial charge is 0.325 e. The SMILES string of the molecule is Cc1cn(C2CCCC2)c(C=O)n1. The molecule has 70 valence electrons. The number of aldehydes is 1. The van der Waals surface area contributed by atoms with Gasteiger partial charge in [-0.3, -0.25) is 4.79 Å². The second-order valence-electron chi connectivity index (χ2n) is 3.70. The zero-order chi connectivity index (χ0) is 9.26. The molecular formula is C10H14N2O. The molecule has 0 spiro atoms. The fourth-order valence-corrected chi connectivity index (χ4v) is 2.10. The van der Waals surface area contributed by atoms with Crippen LogP contribution in [0.25, 0.3) is 0 Å². The lowest BCUT2D eigenvalue weighted by Crippen LogP contribution is -2.07. The van der Waals surface area contributed by atoms with Gasteiger partial charge in [-0.2, -0.15) is 0 Å². The molecule has 2 rings (SSSR count). The third kappa shape index (κ3) is 1.50. The first kappa shape index (κ1) is 8.48. The lowest BCUT2D eigenvalue weighted by atomic mass is 10.2. The molecule has 0 N–H and O–H groups in total. The van der Waals surface area contributed by atoms with E-state index >= 15 is 0 Å². The second kappa shape index (κ2) is 3.32. The maximum atomic E-state index is 10.7. The first-order valence-corrected chi connectivity index (χ1v) is 4.82. The molecule has 1 aliphatic carbocycles. The number of aromatic nitrogens is 2. The third-order valence-electron chi connectivity index (χ3n) is 2.70. The van der Waals surface area contributed by atoms with Crippen LogP contribution in [0.1, 0.15) is 48.0 Å². The molecule has 1 heterocycles. The number of carbonyl (C=O) groups is 1. The van der Waals surface area contributed by atoms with Crippen LogP contribution in [0.15, 0.2) is 6.20 Å². The van der Waals surface area contributed by atoms with E-state index in [1.165, 1.54) is 25.7 Å². The van der Waals surface area contributed by atoms with E-state index in [2.05, 4.69) is 4.98 Å². The number of rotatable bonds is 2. The minimum Gasteiger partial charge on any atom is -0.325 e. The van der Waals surface area contributed by atoms with E-state index in [1.54, 1.807) is 0 Å². The molecule has 0 aromatic carbocycles. The predicted molar refractivity (Wildman–Crippen MR) is 49.9 cm³/mol. The molecule has 1 fully saturated rings. The smallest absolute Gasteiger partial charge is 0.185 e. The summed E-state index contributed by atoms with van der Waals surface area (Å²) in [6.45, 7) is 1.93. The molecule has 0 aliphatic heterocycles. The lowest BCUT2D eigenvalue weighted by molar-refractivity contribution is 0.110. The Balaban J connectivity index is 2.31. The number of nitrogens with zero attached hydrogens (tertiary/aromatic N) is 2. The maximum Gasteiger partial charge on any atom is 0.185 e. The molecule has 0 amide bonds. The molecule has 13 heavy (non-hydrogen) atoms. The lowest BCUT2D eigenvalue weighted by Gasteiger charge is -2.11. The highest BCUT2D eigenvalue weighted by atomic mass is 16.1. The monoisotopic (exact) mass is 178 g/mol. The van der Waals surface area contributed by atoms with E-state index in [4.69, 9.17) is 0 Å². The van der Waals surface area contributed by atoms with Crippen LogP contribution in [-0.2, 0) is 0 Å². The van der Waals surface area contributed by atoms with Crippen molar-refractivity contribution in [2.45, 2.75) is 38.6 Å². The van der Waals surface area contributed by atoms with Crippen molar-refractivity contribution in [3.05, 3.63) is 17.7 Å². The van der Waals surface area contributed by atoms with Crippen LogP contribution in [-0.4, -0.2) is 15.8 Å². The predicted octanol–water partition coefficient (Wildman–Crippen LogP) is 2.12. The quantitative estimate of drug-likeness (QED) is 0.650. The Bertz CT molecular complexity index is 311. The van der Waals surface area contributed by atoms with Gasteiger partial charge >= 0.3 is 0 Å². The Morgan fingerprint density at radius 1 is 1.54 bits per heavy atom. The highest BCUT2D eigenvalue weighted by Crippen LogP contribution is 2.30. The van der Waals surface area contributed by atoms with Crippen LogP contribution >= 0.6 is 0 Å². The molecule has 0 atom stereocenters. The molecule has 1 saturated carbocycles. The molecule has 0 unspecified atom stereocenters. The number of hydrogen-bond donors (Lipinski definition) is 0. The van der Waals surface area contributed by atoms with Gasteiger partial charge in [-0.15, -0.1) is 0 Å². The van der Waals surface area contributed by atoms with Gasteiger partial charge in [0.2, 0.25) is 0 Å². The zero-order valence-corrected chi connectivity index (χ0v) is 7.86. The van der Waals surface area contributed by atoms with Gasteiger partial charge in [0.25, 0.3) is 0 Å². The van der Waals surface area contributed by atoms with Crippen molar-refractivity contribution in [2.75, 3.05) is 0 Å². The van der Waals surface area contributed by atoms with Crippen molar-refractivity contribution < 1.29 is 4.79 Å². The van der Waals surface area contributed by atoms with Gasteiger partial charge in [0.05, 0.1) is 5.69 Å². The molecule has 0 bridgehead atoms. The number of carbonyl (C=O) groups excluding carboxylic acids is 1. The number of hydrogen-bond acceptors (Lipinski definition) is 2. The van der Waals surface area contributed by atoms with Gasteiger partial charge in [-0.1, -0.05) is 12.8 Å². The summed E-state index contributed by atoms with van der Waals surface area (Å²) < 4.78 is 2.04. The van der Waals surface area contributed by atoms with Crippen molar-refractivity contribution in [1.82, 2.24) is 9.55 Å². The van der Waals surface area contributed by atoms with Gasteiger partial charge in [0, 0.05) is 12.2 Å². The van der Waals surface area contributed by atoms with Crippen molar-refractivity contribution in [1.29, 1.82) is 0 Å². The number of imidazole rings is 1. The van der Waals surface area contributed by atoms with E-state index in [0.717, 1.165) is 12.0 Å². The van der Waals surface area contributed by atoms with E-state index in [9.17, 15) is 4.79 Å². The Morgan fingerprint density at radius 3 is 2.85 bits per heavy atom. The van der Waals surface area contributed by atoms with E-state index < -0.39 is 0 Å². The summed E-state index contributed by atoms with van der Waals surface area (Å²) >= 11 is 0. The average Bonchev–Trinajstić information content (AvgIpc) is 2.71. The Labute approximate surface area is 77.8 Å². The van der Waals surface area contributed by atoms with E-state index in [1.807, 2.05) is 17.7 Å². The van der Waals surface area contributed by atoms with E-state index in [-0.39, 0.29) is 0 Å². The molecule has 1 aromatic rings. The van der Waals surface area contributed by atoms with Gasteiger partial charge in [0.1, 0.15) is 0 Å². The van der Waals surface area contributed by atoms with Crippen LogP contribution in [0.3, 0.4) is 0 Å². The Kier molecular flexibility index (Phi) is 2.17. The Morgan fingerprint density at radius 2 is 2.23 bits per heavy atom. The number of aryl methyl sites for hydroxylation is 1. The fraction of sp³-hybridized carbons (Fsp3) is 0.600. The zero-order valence-electron chi connectivity index (χ0n) is 7.86. The van der Waals surface area contributed by atoms with Crippen molar-refractivity contribution in [3.63, 3.8) is 0 Å². The summed E-state index contributed by atoms with van der Waals surface area (Å²) in [6.07, 6.45) is 7.78. The van der Waals surface area contributed by atoms with Crippen LogP contribution in [0.5, 0.6) is 0 Å². The van der Waals surface area contributed by atoms with Crippen molar-refractivity contribution in [3.8, 4) is 0 Å². The molecule has 1 aromatic heterocycles. The molecule has 3 nitrogen and oxygen atoms in total. The standard InChI is InChI=1S/C10H14N2O/c1-8-6-12(10(7-13)11-8)9-4-2-3-5-9/h6-7,9H,2-5H2,1H3. The topological polar surface area (TPSA) is 34.9 Å². The second-order valence-corrected chi connectivity index (χ2v) is 3.70. The van der Waals surface area contributed by atoms with Crippen LogP contribution in [0, 0.1) is 6.92 Å². The average molecular weight is 178 g/mol. The normalized spacial score (nSPS) is 17.9. The van der Waals surface area contributed by atoms with Crippen molar-refractivity contribution >= 4 is 6.29 Å². The highest BCUT2D eigenvalue weighted by molar-refractivity contribution is 5.69.